The molecule has 0 amide bonds. The van der Waals surface area contributed by atoms with E-state index in [1.807, 2.05) is 10.8 Å². The maximum absolute atomic E-state index is 13.2. The Balaban J connectivity index is 1.73. The lowest BCUT2D eigenvalue weighted by Gasteiger charge is -2.14. The molecule has 2 aromatic rings. The lowest BCUT2D eigenvalue weighted by atomic mass is 10.2. The van der Waals surface area contributed by atoms with Crippen LogP contribution in [0.1, 0.15) is 31.2 Å². The number of anilines is 1. The summed E-state index contributed by atoms with van der Waals surface area (Å²) in [7, 11) is 0. The molecule has 0 atom stereocenters. The van der Waals surface area contributed by atoms with E-state index in [0.717, 1.165) is 30.4 Å². The number of rotatable bonds is 4. The normalized spacial score (nSPS) is 15.7. The first-order valence-electron chi connectivity index (χ1n) is 6.94. The number of imidazole rings is 1. The quantitative estimate of drug-likeness (QED) is 0.926. The van der Waals surface area contributed by atoms with Crippen LogP contribution in [-0.2, 0) is 6.54 Å². The molecule has 0 aliphatic heterocycles. The van der Waals surface area contributed by atoms with Crippen LogP contribution in [0.3, 0.4) is 0 Å². The fourth-order valence-corrected chi connectivity index (χ4v) is 2.66. The van der Waals surface area contributed by atoms with Gasteiger partial charge in [-0.1, -0.05) is 18.9 Å². The van der Waals surface area contributed by atoms with Crippen LogP contribution < -0.4 is 5.32 Å². The van der Waals surface area contributed by atoms with Gasteiger partial charge in [0.15, 0.2) is 11.6 Å². The van der Waals surface area contributed by atoms with E-state index >= 15 is 0 Å². The lowest BCUT2D eigenvalue weighted by Crippen LogP contribution is -2.18. The van der Waals surface area contributed by atoms with Crippen molar-refractivity contribution in [3.63, 3.8) is 0 Å². The minimum atomic E-state index is -0.816. The summed E-state index contributed by atoms with van der Waals surface area (Å²) in [5.74, 6) is -0.835. The average molecular weight is 277 g/mol. The van der Waals surface area contributed by atoms with Crippen molar-refractivity contribution in [3.05, 3.63) is 47.8 Å². The molecule has 0 unspecified atom stereocenters. The lowest BCUT2D eigenvalue weighted by molar-refractivity contribution is 0.506. The molecule has 1 aromatic heterocycles. The van der Waals surface area contributed by atoms with Gasteiger partial charge in [-0.3, -0.25) is 0 Å². The number of nitrogens with zero attached hydrogens (tertiary/aromatic N) is 2. The molecule has 5 heteroatoms. The highest BCUT2D eigenvalue weighted by Crippen LogP contribution is 2.22. The van der Waals surface area contributed by atoms with Crippen LogP contribution in [0.25, 0.3) is 0 Å². The fourth-order valence-electron chi connectivity index (χ4n) is 2.66. The number of hydrogen-bond donors (Lipinski definition) is 1. The van der Waals surface area contributed by atoms with Crippen molar-refractivity contribution < 1.29 is 8.78 Å². The van der Waals surface area contributed by atoms with Crippen LogP contribution in [0.2, 0.25) is 0 Å². The maximum Gasteiger partial charge on any atom is 0.203 e. The Hall–Kier alpha value is -1.91. The third kappa shape index (κ3) is 2.81. The van der Waals surface area contributed by atoms with Gasteiger partial charge in [0.1, 0.15) is 0 Å². The molecule has 1 saturated carbocycles. The molecule has 3 rings (SSSR count). The zero-order valence-corrected chi connectivity index (χ0v) is 11.1. The van der Waals surface area contributed by atoms with E-state index in [-0.39, 0.29) is 0 Å². The first kappa shape index (κ1) is 13.1. The van der Waals surface area contributed by atoms with Gasteiger partial charge in [0, 0.05) is 18.4 Å². The molecule has 1 fully saturated rings. The van der Waals surface area contributed by atoms with Gasteiger partial charge in [-0.15, -0.1) is 0 Å². The van der Waals surface area contributed by atoms with Crippen LogP contribution in [0, 0.1) is 11.6 Å². The second-order valence-electron chi connectivity index (χ2n) is 5.25. The highest BCUT2D eigenvalue weighted by atomic mass is 19.2. The Bertz CT molecular complexity index is 589. The summed E-state index contributed by atoms with van der Waals surface area (Å²) < 4.78 is 28.1. The van der Waals surface area contributed by atoms with Gasteiger partial charge in [0.05, 0.1) is 6.54 Å². The number of benzene rings is 1. The molecular weight excluding hydrogens is 260 g/mol. The number of halogens is 2. The van der Waals surface area contributed by atoms with Crippen LogP contribution in [-0.4, -0.2) is 15.6 Å². The molecule has 0 saturated heterocycles. The molecule has 0 spiro atoms. The van der Waals surface area contributed by atoms with Gasteiger partial charge in [-0.2, -0.15) is 0 Å². The summed E-state index contributed by atoms with van der Waals surface area (Å²) in [5, 5.41) is 3.42. The third-order valence-corrected chi connectivity index (χ3v) is 3.74. The van der Waals surface area contributed by atoms with E-state index in [1.165, 1.54) is 18.9 Å². The topological polar surface area (TPSA) is 29.9 Å². The van der Waals surface area contributed by atoms with E-state index in [9.17, 15) is 8.78 Å². The van der Waals surface area contributed by atoms with E-state index in [0.29, 0.717) is 12.6 Å². The van der Waals surface area contributed by atoms with Gasteiger partial charge in [-0.25, -0.2) is 13.8 Å². The van der Waals surface area contributed by atoms with Crippen LogP contribution in [0.5, 0.6) is 0 Å². The predicted octanol–water partition coefficient (Wildman–Crippen LogP) is 3.56. The van der Waals surface area contributed by atoms with Gasteiger partial charge in [0.2, 0.25) is 5.95 Å². The molecular formula is C15H17F2N3. The van der Waals surface area contributed by atoms with Crippen LogP contribution in [0.4, 0.5) is 14.7 Å². The summed E-state index contributed by atoms with van der Waals surface area (Å²) >= 11 is 0. The second kappa shape index (κ2) is 5.61. The summed E-state index contributed by atoms with van der Waals surface area (Å²) in [6.07, 6.45) is 8.40. The minimum Gasteiger partial charge on any atom is -0.353 e. The second-order valence-corrected chi connectivity index (χ2v) is 5.25. The van der Waals surface area contributed by atoms with Crippen LogP contribution in [0.15, 0.2) is 30.6 Å². The first-order chi connectivity index (χ1) is 9.72. The van der Waals surface area contributed by atoms with Gasteiger partial charge >= 0.3 is 0 Å². The monoisotopic (exact) mass is 277 g/mol. The smallest absolute Gasteiger partial charge is 0.203 e. The summed E-state index contributed by atoms with van der Waals surface area (Å²) in [4.78, 5) is 4.30. The molecule has 1 aliphatic rings. The van der Waals surface area contributed by atoms with Crippen molar-refractivity contribution in [1.29, 1.82) is 0 Å². The Labute approximate surface area is 116 Å². The Kier molecular flexibility index (Phi) is 3.67. The average Bonchev–Trinajstić information content (AvgIpc) is 3.07. The van der Waals surface area contributed by atoms with E-state index < -0.39 is 11.6 Å². The number of nitrogens with one attached hydrogen (secondary N) is 1. The Morgan fingerprint density at radius 2 is 2.00 bits per heavy atom. The molecule has 1 aromatic carbocycles. The number of hydrogen-bond acceptors (Lipinski definition) is 2. The predicted molar refractivity (Wildman–Crippen MR) is 73.6 cm³/mol. The van der Waals surface area contributed by atoms with Gasteiger partial charge in [-0.05, 0) is 30.5 Å². The number of aromatic nitrogens is 2. The summed E-state index contributed by atoms with van der Waals surface area (Å²) in [6, 6.07) is 4.46. The Morgan fingerprint density at radius 3 is 2.75 bits per heavy atom. The van der Waals surface area contributed by atoms with Gasteiger partial charge < -0.3 is 9.88 Å². The summed E-state index contributed by atoms with van der Waals surface area (Å²) in [6.45, 7) is 0.478. The van der Waals surface area contributed by atoms with Crippen molar-refractivity contribution in [2.24, 2.45) is 0 Å². The molecule has 0 radical (unpaired) electrons. The molecule has 106 valence electrons. The zero-order valence-electron chi connectivity index (χ0n) is 11.1. The van der Waals surface area contributed by atoms with Crippen LogP contribution >= 0.6 is 0 Å². The molecule has 1 aliphatic carbocycles. The van der Waals surface area contributed by atoms with E-state index in [4.69, 9.17) is 0 Å². The van der Waals surface area contributed by atoms with Crippen molar-refractivity contribution in [2.75, 3.05) is 5.32 Å². The standard InChI is InChI=1S/C15H17F2N3/c16-13-6-5-11(9-14(13)17)10-20-8-7-18-15(20)19-12-3-1-2-4-12/h5-9,12H,1-4,10H2,(H,18,19). The largest absolute Gasteiger partial charge is 0.353 e. The molecule has 3 nitrogen and oxygen atoms in total. The Morgan fingerprint density at radius 1 is 1.20 bits per heavy atom. The van der Waals surface area contributed by atoms with E-state index in [2.05, 4.69) is 10.3 Å². The third-order valence-electron chi connectivity index (χ3n) is 3.74. The fraction of sp³-hybridized carbons (Fsp3) is 0.400. The maximum atomic E-state index is 13.2. The highest BCUT2D eigenvalue weighted by Gasteiger charge is 2.16. The molecule has 1 heterocycles. The van der Waals surface area contributed by atoms with Gasteiger partial charge in [0.25, 0.3) is 0 Å². The molecule has 0 bridgehead atoms. The minimum absolute atomic E-state index is 0.473. The van der Waals surface area contributed by atoms with Crippen molar-refractivity contribution in [3.8, 4) is 0 Å². The van der Waals surface area contributed by atoms with Crippen molar-refractivity contribution >= 4 is 5.95 Å². The summed E-state index contributed by atoms with van der Waals surface area (Å²) in [5.41, 5.74) is 0.719. The van der Waals surface area contributed by atoms with E-state index in [1.54, 1.807) is 12.3 Å². The molecule has 20 heavy (non-hydrogen) atoms. The first-order valence-corrected chi connectivity index (χ1v) is 6.94. The molecule has 1 N–H and O–H groups in total. The zero-order chi connectivity index (χ0) is 13.9. The highest BCUT2D eigenvalue weighted by molar-refractivity contribution is 5.30. The van der Waals surface area contributed by atoms with Crippen molar-refractivity contribution in [1.82, 2.24) is 9.55 Å². The van der Waals surface area contributed by atoms with Crippen molar-refractivity contribution in [2.45, 2.75) is 38.3 Å². The SMILES string of the molecule is Fc1ccc(Cn2ccnc2NC2CCCC2)cc1F.